The first-order valence-corrected chi connectivity index (χ1v) is 9.82. The van der Waals surface area contributed by atoms with Gasteiger partial charge in [0, 0.05) is 36.7 Å². The third-order valence-electron chi connectivity index (χ3n) is 4.60. The molecule has 0 saturated heterocycles. The Kier molecular flexibility index (Phi) is 7.35. The van der Waals surface area contributed by atoms with Gasteiger partial charge in [0.25, 0.3) is 0 Å². The van der Waals surface area contributed by atoms with Crippen LogP contribution in [0.1, 0.15) is 27.0 Å². The fraction of sp³-hybridized carbons (Fsp3) is 0.200. The van der Waals surface area contributed by atoms with E-state index in [9.17, 15) is 4.79 Å². The van der Waals surface area contributed by atoms with Crippen molar-refractivity contribution < 1.29 is 9.53 Å². The number of carbonyl (C=O) groups excluding carboxylic acids is 1. The number of rotatable bonds is 9. The molecule has 0 bridgehead atoms. The van der Waals surface area contributed by atoms with E-state index in [-0.39, 0.29) is 5.78 Å². The van der Waals surface area contributed by atoms with Gasteiger partial charge in [-0.25, -0.2) is 0 Å². The van der Waals surface area contributed by atoms with Crippen LogP contribution >= 0.6 is 0 Å². The Labute approximate surface area is 178 Å². The van der Waals surface area contributed by atoms with E-state index in [1.165, 1.54) is 0 Å². The molecule has 0 aliphatic rings. The fourth-order valence-corrected chi connectivity index (χ4v) is 3.13. The van der Waals surface area contributed by atoms with E-state index in [0.717, 1.165) is 28.1 Å². The zero-order valence-electron chi connectivity index (χ0n) is 17.6. The number of ketones is 1. The van der Waals surface area contributed by atoms with Gasteiger partial charge in [-0.2, -0.15) is 0 Å². The molecule has 1 heterocycles. The number of benzene rings is 2. The summed E-state index contributed by atoms with van der Waals surface area (Å²) in [7, 11) is 5.59. The van der Waals surface area contributed by atoms with E-state index in [2.05, 4.69) is 10.3 Å². The van der Waals surface area contributed by atoms with Crippen molar-refractivity contribution in [2.75, 3.05) is 26.5 Å². The molecule has 5 heteroatoms. The van der Waals surface area contributed by atoms with Crippen molar-refractivity contribution in [3.8, 4) is 5.75 Å². The summed E-state index contributed by atoms with van der Waals surface area (Å²) in [4.78, 5) is 19.0. The minimum atomic E-state index is -0.0248. The van der Waals surface area contributed by atoms with Gasteiger partial charge in [-0.05, 0) is 73.3 Å². The Morgan fingerprint density at radius 2 is 2.00 bits per heavy atom. The predicted octanol–water partition coefficient (Wildman–Crippen LogP) is 4.66. The predicted molar refractivity (Wildman–Crippen MR) is 122 cm³/mol. The van der Waals surface area contributed by atoms with Crippen LogP contribution in [0.15, 0.2) is 73.1 Å². The molecule has 1 aromatic heterocycles. The van der Waals surface area contributed by atoms with Gasteiger partial charge in [0.05, 0.1) is 7.11 Å². The number of nitrogens with zero attached hydrogens (tertiary/aromatic N) is 2. The van der Waals surface area contributed by atoms with Crippen LogP contribution in [0.4, 0.5) is 5.69 Å². The molecule has 0 spiro atoms. The Hall–Kier alpha value is -3.44. The zero-order valence-corrected chi connectivity index (χ0v) is 17.6. The summed E-state index contributed by atoms with van der Waals surface area (Å²) in [6, 6.07) is 17.5. The topological polar surface area (TPSA) is 54.5 Å². The molecule has 0 fully saturated rings. The lowest BCUT2D eigenvalue weighted by Crippen LogP contribution is -2.14. The first-order valence-electron chi connectivity index (χ1n) is 9.82. The third-order valence-corrected chi connectivity index (χ3v) is 4.60. The second kappa shape index (κ2) is 10.4. The van der Waals surface area contributed by atoms with Crippen molar-refractivity contribution in [2.24, 2.45) is 0 Å². The summed E-state index contributed by atoms with van der Waals surface area (Å²) in [6.45, 7) is 1.36. The van der Waals surface area contributed by atoms with Crippen LogP contribution in [0.25, 0.3) is 6.08 Å². The second-order valence-corrected chi connectivity index (χ2v) is 7.30. The largest absolute Gasteiger partial charge is 0.497 e. The van der Waals surface area contributed by atoms with Crippen LogP contribution in [0.5, 0.6) is 5.75 Å². The third kappa shape index (κ3) is 6.03. The number of carbonyl (C=O) groups is 1. The maximum absolute atomic E-state index is 12.8. The Morgan fingerprint density at radius 1 is 1.13 bits per heavy atom. The number of anilines is 1. The van der Waals surface area contributed by atoms with Crippen molar-refractivity contribution in [3.05, 3.63) is 95.3 Å². The first kappa shape index (κ1) is 21.3. The molecule has 0 aliphatic carbocycles. The number of allylic oxidation sites excluding steroid dienone is 1. The lowest BCUT2D eigenvalue weighted by Gasteiger charge is -2.14. The molecule has 0 amide bonds. The molecule has 30 heavy (non-hydrogen) atoms. The van der Waals surface area contributed by atoms with Crippen LogP contribution in [0, 0.1) is 0 Å². The minimum absolute atomic E-state index is 0.0248. The molecule has 0 radical (unpaired) electrons. The van der Waals surface area contributed by atoms with Crippen LogP contribution in [0.2, 0.25) is 0 Å². The molecule has 0 unspecified atom stereocenters. The van der Waals surface area contributed by atoms with E-state index in [1.807, 2.05) is 85.9 Å². The van der Waals surface area contributed by atoms with Gasteiger partial charge >= 0.3 is 0 Å². The molecule has 3 aromatic rings. The van der Waals surface area contributed by atoms with Gasteiger partial charge in [0.15, 0.2) is 5.78 Å². The van der Waals surface area contributed by atoms with E-state index in [0.29, 0.717) is 18.7 Å². The van der Waals surface area contributed by atoms with E-state index < -0.39 is 0 Å². The van der Waals surface area contributed by atoms with Gasteiger partial charge in [-0.1, -0.05) is 24.3 Å². The maximum atomic E-state index is 12.8. The van der Waals surface area contributed by atoms with Gasteiger partial charge < -0.3 is 15.0 Å². The van der Waals surface area contributed by atoms with Crippen LogP contribution in [-0.2, 0) is 13.1 Å². The van der Waals surface area contributed by atoms with Crippen molar-refractivity contribution in [2.45, 2.75) is 13.1 Å². The van der Waals surface area contributed by atoms with Crippen LogP contribution < -0.4 is 10.1 Å². The molecule has 154 valence electrons. The summed E-state index contributed by atoms with van der Waals surface area (Å²) in [5.41, 5.74) is 4.70. The van der Waals surface area contributed by atoms with E-state index >= 15 is 0 Å². The van der Waals surface area contributed by atoms with Crippen LogP contribution in [0.3, 0.4) is 0 Å². The standard InChI is InChI=1S/C25H27N3O2/c1-28(2)18-21-15-23(30-3)10-11-24(21)25(29)12-9-19-6-4-8-22(14-19)27-17-20-7-5-13-26-16-20/h4-16,27H,17-18H2,1-3H3. The average molecular weight is 402 g/mol. The van der Waals surface area contributed by atoms with Gasteiger partial charge in [0.1, 0.15) is 5.75 Å². The van der Waals surface area contributed by atoms with Crippen molar-refractivity contribution >= 4 is 17.5 Å². The Bertz CT molecular complexity index is 1010. The molecule has 3 rings (SSSR count). The van der Waals surface area contributed by atoms with Crippen molar-refractivity contribution in [1.29, 1.82) is 0 Å². The first-order chi connectivity index (χ1) is 14.5. The van der Waals surface area contributed by atoms with Crippen LogP contribution in [-0.4, -0.2) is 36.9 Å². The number of methoxy groups -OCH3 is 1. The second-order valence-electron chi connectivity index (χ2n) is 7.30. The van der Waals surface area contributed by atoms with Gasteiger partial charge in [-0.3, -0.25) is 9.78 Å². The Morgan fingerprint density at radius 3 is 2.73 bits per heavy atom. The van der Waals surface area contributed by atoms with Gasteiger partial charge in [0.2, 0.25) is 0 Å². The SMILES string of the molecule is COc1ccc(C(=O)C=Cc2cccc(NCc3cccnc3)c2)c(CN(C)C)c1. The number of ether oxygens (including phenoxy) is 1. The number of nitrogens with one attached hydrogen (secondary N) is 1. The average Bonchev–Trinajstić information content (AvgIpc) is 2.76. The highest BCUT2D eigenvalue weighted by Gasteiger charge is 2.11. The van der Waals surface area contributed by atoms with Crippen molar-refractivity contribution in [3.63, 3.8) is 0 Å². The maximum Gasteiger partial charge on any atom is 0.186 e. The molecule has 2 aromatic carbocycles. The highest BCUT2D eigenvalue weighted by atomic mass is 16.5. The molecule has 0 atom stereocenters. The highest BCUT2D eigenvalue weighted by Crippen LogP contribution is 2.20. The summed E-state index contributed by atoms with van der Waals surface area (Å²) in [5.74, 6) is 0.725. The molecular formula is C25H27N3O2. The highest BCUT2D eigenvalue weighted by molar-refractivity contribution is 6.08. The van der Waals surface area contributed by atoms with Gasteiger partial charge in [-0.15, -0.1) is 0 Å². The number of hydrogen-bond acceptors (Lipinski definition) is 5. The lowest BCUT2D eigenvalue weighted by molar-refractivity contribution is 0.104. The molecule has 5 nitrogen and oxygen atoms in total. The minimum Gasteiger partial charge on any atom is -0.497 e. The summed E-state index contributed by atoms with van der Waals surface area (Å²) >= 11 is 0. The van der Waals surface area contributed by atoms with E-state index in [4.69, 9.17) is 4.74 Å². The summed E-state index contributed by atoms with van der Waals surface area (Å²) < 4.78 is 5.31. The molecule has 0 aliphatic heterocycles. The number of hydrogen-bond donors (Lipinski definition) is 1. The summed E-state index contributed by atoms with van der Waals surface area (Å²) in [5, 5.41) is 3.39. The monoisotopic (exact) mass is 401 g/mol. The normalized spacial score (nSPS) is 11.1. The Balaban J connectivity index is 1.72. The van der Waals surface area contributed by atoms with E-state index in [1.54, 1.807) is 19.4 Å². The smallest absolute Gasteiger partial charge is 0.186 e. The summed E-state index contributed by atoms with van der Waals surface area (Å²) in [6.07, 6.45) is 7.08. The quantitative estimate of drug-likeness (QED) is 0.417. The molecule has 1 N–H and O–H groups in total. The number of aromatic nitrogens is 1. The molecular weight excluding hydrogens is 374 g/mol. The number of pyridine rings is 1. The fourth-order valence-electron chi connectivity index (χ4n) is 3.13. The zero-order chi connectivity index (χ0) is 21.3. The lowest BCUT2D eigenvalue weighted by atomic mass is 10.0. The van der Waals surface area contributed by atoms with Crippen molar-refractivity contribution in [1.82, 2.24) is 9.88 Å². The molecule has 0 saturated carbocycles.